The molecule has 0 aliphatic heterocycles. The fourth-order valence-electron chi connectivity index (χ4n) is 1.71. The van der Waals surface area contributed by atoms with Gasteiger partial charge in [0, 0.05) is 24.8 Å². The van der Waals surface area contributed by atoms with Crippen LogP contribution < -0.4 is 25.2 Å². The maximum Gasteiger partial charge on any atom is 0.211 e. The normalized spacial score (nSPS) is 12.0. The number of aliphatic imine (C=N–C) groups is 1. The number of hydrogen-bond donors (Lipinski definition) is 3. The predicted molar refractivity (Wildman–Crippen MR) is 91.7 cm³/mol. The van der Waals surface area contributed by atoms with Crippen LogP contribution in [0.25, 0.3) is 0 Å². The van der Waals surface area contributed by atoms with Crippen molar-refractivity contribution in [1.29, 1.82) is 0 Å². The number of nitrogens with two attached hydrogens (primary N) is 1. The predicted octanol–water partition coefficient (Wildman–Crippen LogP) is 0.760. The minimum Gasteiger partial charge on any atom is -0.493 e. The van der Waals surface area contributed by atoms with Crippen LogP contribution in [0.3, 0.4) is 0 Å². The first-order valence-corrected chi connectivity index (χ1v) is 8.83. The van der Waals surface area contributed by atoms with E-state index in [2.05, 4.69) is 15.0 Å². The van der Waals surface area contributed by atoms with Crippen molar-refractivity contribution in [3.05, 3.63) is 18.2 Å². The second kappa shape index (κ2) is 9.21. The Morgan fingerprint density at radius 1 is 1.26 bits per heavy atom. The minimum absolute atomic E-state index is 0.0687. The highest BCUT2D eigenvalue weighted by Crippen LogP contribution is 2.29. The molecule has 1 aromatic rings. The summed E-state index contributed by atoms with van der Waals surface area (Å²) in [4.78, 5) is 4.14. The second-order valence-corrected chi connectivity index (χ2v) is 6.71. The number of benzene rings is 1. The summed E-state index contributed by atoms with van der Waals surface area (Å²) < 4.78 is 35.3. The summed E-state index contributed by atoms with van der Waals surface area (Å²) in [6, 6.07) is 5.30. The molecule has 0 bridgehead atoms. The van der Waals surface area contributed by atoms with E-state index in [-0.39, 0.29) is 11.7 Å². The molecule has 0 aromatic heterocycles. The molecule has 0 spiro atoms. The smallest absolute Gasteiger partial charge is 0.211 e. The first-order chi connectivity index (χ1) is 10.9. The quantitative estimate of drug-likeness (QED) is 0.346. The van der Waals surface area contributed by atoms with Crippen LogP contribution in [0, 0.1) is 0 Å². The van der Waals surface area contributed by atoms with Crippen LogP contribution in [-0.4, -0.2) is 47.4 Å². The third-order valence-electron chi connectivity index (χ3n) is 2.98. The second-order valence-electron chi connectivity index (χ2n) is 4.61. The first-order valence-electron chi connectivity index (χ1n) is 7.18. The molecule has 0 radical (unpaired) electrons. The highest BCUT2D eigenvalue weighted by Gasteiger charge is 2.06. The zero-order valence-electron chi connectivity index (χ0n) is 13.6. The van der Waals surface area contributed by atoms with Crippen molar-refractivity contribution in [3.63, 3.8) is 0 Å². The Labute approximate surface area is 137 Å². The number of sulfonamides is 1. The van der Waals surface area contributed by atoms with E-state index in [9.17, 15) is 8.42 Å². The maximum absolute atomic E-state index is 11.2. The van der Waals surface area contributed by atoms with Crippen LogP contribution >= 0.6 is 0 Å². The Hall–Kier alpha value is -2.00. The van der Waals surface area contributed by atoms with Crippen molar-refractivity contribution in [2.75, 3.05) is 38.4 Å². The Balaban J connectivity index is 2.48. The van der Waals surface area contributed by atoms with E-state index in [0.29, 0.717) is 31.0 Å². The van der Waals surface area contributed by atoms with E-state index in [4.69, 9.17) is 15.2 Å². The Morgan fingerprint density at radius 2 is 1.96 bits per heavy atom. The van der Waals surface area contributed by atoms with E-state index >= 15 is 0 Å². The van der Waals surface area contributed by atoms with Crippen LogP contribution in [0.15, 0.2) is 23.2 Å². The summed E-state index contributed by atoms with van der Waals surface area (Å²) in [5.41, 5.74) is 6.51. The van der Waals surface area contributed by atoms with Crippen LogP contribution in [-0.2, 0) is 10.0 Å². The van der Waals surface area contributed by atoms with Gasteiger partial charge in [0.1, 0.15) is 0 Å². The molecule has 23 heavy (non-hydrogen) atoms. The summed E-state index contributed by atoms with van der Waals surface area (Å²) in [6.07, 6.45) is 0.563. The summed E-state index contributed by atoms with van der Waals surface area (Å²) in [5, 5.41) is 2.94. The van der Waals surface area contributed by atoms with E-state index in [1.54, 1.807) is 39.3 Å². The highest BCUT2D eigenvalue weighted by atomic mass is 32.2. The fourth-order valence-corrected chi connectivity index (χ4v) is 2.37. The average Bonchev–Trinajstić information content (AvgIpc) is 2.54. The van der Waals surface area contributed by atoms with Crippen LogP contribution in [0.5, 0.6) is 11.5 Å². The van der Waals surface area contributed by atoms with E-state index in [1.165, 1.54) is 0 Å². The lowest BCUT2D eigenvalue weighted by molar-refractivity contribution is 0.355. The molecule has 0 aliphatic rings. The number of guanidine groups is 1. The van der Waals surface area contributed by atoms with Crippen molar-refractivity contribution >= 4 is 21.7 Å². The van der Waals surface area contributed by atoms with Crippen molar-refractivity contribution in [3.8, 4) is 11.5 Å². The topological polar surface area (TPSA) is 115 Å². The molecule has 130 valence electrons. The van der Waals surface area contributed by atoms with Gasteiger partial charge in [-0.15, -0.1) is 0 Å². The number of hydrogen-bond acceptors (Lipinski definition) is 5. The lowest BCUT2D eigenvalue weighted by Gasteiger charge is -2.11. The van der Waals surface area contributed by atoms with Crippen LogP contribution in [0.4, 0.5) is 5.69 Å². The van der Waals surface area contributed by atoms with E-state index in [0.717, 1.165) is 5.69 Å². The maximum atomic E-state index is 11.2. The molecule has 0 aliphatic carbocycles. The zero-order chi connectivity index (χ0) is 17.3. The fraction of sp³-hybridized carbons (Fsp3) is 0.500. The van der Waals surface area contributed by atoms with Crippen molar-refractivity contribution < 1.29 is 17.9 Å². The van der Waals surface area contributed by atoms with Gasteiger partial charge in [-0.2, -0.15) is 0 Å². The van der Waals surface area contributed by atoms with Gasteiger partial charge in [-0.1, -0.05) is 0 Å². The highest BCUT2D eigenvalue weighted by molar-refractivity contribution is 7.89. The van der Waals surface area contributed by atoms with Gasteiger partial charge in [0.25, 0.3) is 0 Å². The van der Waals surface area contributed by atoms with Gasteiger partial charge in [-0.3, -0.25) is 4.99 Å². The largest absolute Gasteiger partial charge is 0.493 e. The van der Waals surface area contributed by atoms with Crippen LogP contribution in [0.2, 0.25) is 0 Å². The SMILES string of the molecule is CCS(=O)(=O)NCCCN=C(N)Nc1ccc(OC)c(OC)c1. The van der Waals surface area contributed by atoms with Gasteiger partial charge in [-0.05, 0) is 25.5 Å². The molecule has 4 N–H and O–H groups in total. The molecule has 0 unspecified atom stereocenters. The molecule has 0 saturated carbocycles. The third-order valence-corrected chi connectivity index (χ3v) is 4.38. The average molecular weight is 344 g/mol. The van der Waals surface area contributed by atoms with E-state index < -0.39 is 10.0 Å². The van der Waals surface area contributed by atoms with Crippen molar-refractivity contribution in [2.24, 2.45) is 10.7 Å². The molecule has 1 rings (SSSR count). The number of nitrogens with one attached hydrogen (secondary N) is 2. The Bertz CT molecular complexity index is 632. The van der Waals surface area contributed by atoms with Gasteiger partial charge < -0.3 is 20.5 Å². The van der Waals surface area contributed by atoms with Gasteiger partial charge in [0.05, 0.1) is 20.0 Å². The summed E-state index contributed by atoms with van der Waals surface area (Å²) in [6.45, 7) is 2.34. The molecule has 0 atom stereocenters. The third kappa shape index (κ3) is 6.74. The molecule has 1 aromatic carbocycles. The minimum atomic E-state index is -3.15. The lowest BCUT2D eigenvalue weighted by Crippen LogP contribution is -2.27. The zero-order valence-corrected chi connectivity index (χ0v) is 14.4. The molecule has 0 amide bonds. The summed E-state index contributed by atoms with van der Waals surface area (Å²) in [7, 11) is -0.0391. The van der Waals surface area contributed by atoms with Gasteiger partial charge >= 0.3 is 0 Å². The van der Waals surface area contributed by atoms with Crippen molar-refractivity contribution in [2.45, 2.75) is 13.3 Å². The van der Waals surface area contributed by atoms with Crippen molar-refractivity contribution in [1.82, 2.24) is 4.72 Å². The Kier molecular flexibility index (Phi) is 7.63. The molecular weight excluding hydrogens is 320 g/mol. The Morgan fingerprint density at radius 3 is 2.57 bits per heavy atom. The summed E-state index contributed by atoms with van der Waals surface area (Å²) >= 11 is 0. The lowest BCUT2D eigenvalue weighted by atomic mass is 10.3. The van der Waals surface area contributed by atoms with Crippen LogP contribution in [0.1, 0.15) is 13.3 Å². The van der Waals surface area contributed by atoms with Gasteiger partial charge in [0.2, 0.25) is 10.0 Å². The molecular formula is C14H24N4O4S. The molecule has 0 saturated heterocycles. The number of rotatable bonds is 9. The molecule has 9 heteroatoms. The standard InChI is InChI=1S/C14H24N4O4S/c1-4-23(19,20)17-9-5-8-16-14(15)18-11-6-7-12(21-2)13(10-11)22-3/h6-7,10,17H,4-5,8-9H2,1-3H3,(H3,15,16,18). The number of methoxy groups -OCH3 is 2. The molecule has 0 fully saturated rings. The molecule has 8 nitrogen and oxygen atoms in total. The van der Waals surface area contributed by atoms with Gasteiger partial charge in [-0.25, -0.2) is 13.1 Å². The van der Waals surface area contributed by atoms with Gasteiger partial charge in [0.15, 0.2) is 17.5 Å². The number of anilines is 1. The summed E-state index contributed by atoms with van der Waals surface area (Å²) in [5.74, 6) is 1.52. The number of ether oxygens (including phenoxy) is 2. The monoisotopic (exact) mass is 344 g/mol. The molecule has 0 heterocycles. The number of nitrogens with zero attached hydrogens (tertiary/aromatic N) is 1. The van der Waals surface area contributed by atoms with E-state index in [1.807, 2.05) is 0 Å². The first kappa shape index (κ1) is 19.0.